The molecule has 0 radical (unpaired) electrons. The molecule has 8 heteroatoms. The van der Waals surface area contributed by atoms with Crippen molar-refractivity contribution < 1.29 is 4.74 Å². The highest BCUT2D eigenvalue weighted by atomic mass is 35.5. The quantitative estimate of drug-likeness (QED) is 0.337. The Morgan fingerprint density at radius 3 is 2.59 bits per heavy atom. The predicted octanol–water partition coefficient (Wildman–Crippen LogP) is 4.17. The number of hydrogen-bond donors (Lipinski definition) is 0. The highest BCUT2D eigenvalue weighted by Crippen LogP contribution is 2.22. The van der Waals surface area contributed by atoms with Gasteiger partial charge in [0.15, 0.2) is 5.65 Å². The molecule has 0 N–H and O–H groups in total. The lowest BCUT2D eigenvalue weighted by Crippen LogP contribution is -2.28. The van der Waals surface area contributed by atoms with E-state index in [2.05, 4.69) is 29.6 Å². The summed E-state index contributed by atoms with van der Waals surface area (Å²) in [5, 5.41) is 0.119. The van der Waals surface area contributed by atoms with E-state index in [1.54, 1.807) is 15.3 Å². The van der Waals surface area contributed by atoms with E-state index >= 15 is 0 Å². The summed E-state index contributed by atoms with van der Waals surface area (Å²) in [7, 11) is -1.19. The Bertz CT molecular complexity index is 979. The normalized spacial score (nSPS) is 13.2. The molecular weight excluding hydrogens is 380 g/mol. The summed E-state index contributed by atoms with van der Waals surface area (Å²) >= 11 is 6.01. The van der Waals surface area contributed by atoms with Gasteiger partial charge in [-0.2, -0.15) is 4.98 Å². The van der Waals surface area contributed by atoms with Gasteiger partial charge in [-0.05, 0) is 30.1 Å². The summed E-state index contributed by atoms with van der Waals surface area (Å²) in [5.41, 5.74) is 1.99. The molecular formula is C19H25ClN4O2Si. The number of fused-ring (bicyclic) bond motifs is 1. The molecule has 2 heterocycles. The first-order valence-electron chi connectivity index (χ1n) is 9.04. The molecule has 0 fully saturated rings. The number of halogens is 1. The molecule has 0 bridgehead atoms. The summed E-state index contributed by atoms with van der Waals surface area (Å²) in [5.74, 6) is 0. The molecule has 1 atom stereocenters. The first-order valence-corrected chi connectivity index (χ1v) is 13.1. The van der Waals surface area contributed by atoms with Gasteiger partial charge in [-0.1, -0.05) is 50.0 Å². The number of rotatable bonds is 7. The van der Waals surface area contributed by atoms with Crippen LogP contribution in [-0.4, -0.2) is 33.8 Å². The van der Waals surface area contributed by atoms with Crippen LogP contribution in [0, 0.1) is 0 Å². The molecule has 2 aromatic heterocycles. The first kappa shape index (κ1) is 19.8. The van der Waals surface area contributed by atoms with Crippen LogP contribution in [-0.2, 0) is 11.5 Å². The van der Waals surface area contributed by atoms with Gasteiger partial charge < -0.3 is 4.74 Å². The first-order chi connectivity index (χ1) is 12.8. The highest BCUT2D eigenvalue weighted by molar-refractivity contribution is 6.76. The van der Waals surface area contributed by atoms with Crippen molar-refractivity contribution in [2.75, 3.05) is 6.61 Å². The third-order valence-electron chi connectivity index (χ3n) is 4.56. The summed E-state index contributed by atoms with van der Waals surface area (Å²) in [6, 6.07) is 10.7. The fourth-order valence-electron chi connectivity index (χ4n) is 2.93. The average molecular weight is 405 g/mol. The maximum atomic E-state index is 13.1. The second-order valence-electron chi connectivity index (χ2n) is 7.86. The minimum atomic E-state index is -1.19. The van der Waals surface area contributed by atoms with E-state index in [1.165, 1.54) is 0 Å². The number of imidazole rings is 1. The fourth-order valence-corrected chi connectivity index (χ4v) is 3.81. The zero-order chi connectivity index (χ0) is 19.6. The van der Waals surface area contributed by atoms with Crippen LogP contribution >= 0.6 is 11.6 Å². The van der Waals surface area contributed by atoms with Crippen LogP contribution in [0.1, 0.15) is 18.5 Å². The van der Waals surface area contributed by atoms with Crippen molar-refractivity contribution in [3.8, 4) is 0 Å². The average Bonchev–Trinajstić information content (AvgIpc) is 2.89. The Hall–Kier alpha value is -1.96. The number of hydrogen-bond acceptors (Lipinski definition) is 4. The van der Waals surface area contributed by atoms with E-state index in [-0.39, 0.29) is 23.7 Å². The van der Waals surface area contributed by atoms with Gasteiger partial charge in [0, 0.05) is 14.7 Å². The van der Waals surface area contributed by atoms with Crippen LogP contribution in [0.5, 0.6) is 0 Å². The lowest BCUT2D eigenvalue weighted by molar-refractivity contribution is 0.0870. The van der Waals surface area contributed by atoms with Crippen molar-refractivity contribution in [2.45, 2.75) is 45.4 Å². The molecule has 3 rings (SSSR count). The van der Waals surface area contributed by atoms with E-state index in [0.717, 1.165) is 11.6 Å². The molecule has 144 valence electrons. The molecule has 27 heavy (non-hydrogen) atoms. The second kappa shape index (κ2) is 7.96. The smallest absolute Gasteiger partial charge is 0.332 e. The Balaban J connectivity index is 1.98. The maximum Gasteiger partial charge on any atom is 0.332 e. The van der Waals surface area contributed by atoms with Gasteiger partial charge in [0.25, 0.3) is 0 Å². The zero-order valence-corrected chi connectivity index (χ0v) is 17.9. The Morgan fingerprint density at radius 1 is 1.22 bits per heavy atom. The molecule has 1 aromatic carbocycles. The molecule has 0 aliphatic carbocycles. The zero-order valence-electron chi connectivity index (χ0n) is 16.1. The number of nitrogens with zero attached hydrogens (tertiary/aromatic N) is 4. The lowest BCUT2D eigenvalue weighted by atomic mass is 10.1. The third kappa shape index (κ3) is 4.48. The fraction of sp³-hybridized carbons (Fsp3) is 0.421. The monoisotopic (exact) mass is 404 g/mol. The van der Waals surface area contributed by atoms with Gasteiger partial charge in [-0.15, -0.1) is 0 Å². The van der Waals surface area contributed by atoms with Gasteiger partial charge in [0.2, 0.25) is 5.28 Å². The molecule has 0 saturated carbocycles. The van der Waals surface area contributed by atoms with Crippen LogP contribution < -0.4 is 5.69 Å². The van der Waals surface area contributed by atoms with Crippen LogP contribution in [0.25, 0.3) is 11.2 Å². The summed E-state index contributed by atoms with van der Waals surface area (Å²) in [6.45, 7) is 9.68. The molecule has 0 aliphatic rings. The minimum Gasteiger partial charge on any atom is -0.361 e. The second-order valence-corrected chi connectivity index (χ2v) is 13.8. The van der Waals surface area contributed by atoms with Crippen LogP contribution in [0.3, 0.4) is 0 Å². The topological polar surface area (TPSA) is 61.9 Å². The van der Waals surface area contributed by atoms with Crippen molar-refractivity contribution >= 4 is 30.8 Å². The van der Waals surface area contributed by atoms with E-state index < -0.39 is 8.07 Å². The van der Waals surface area contributed by atoms with E-state index in [0.29, 0.717) is 17.8 Å². The predicted molar refractivity (Wildman–Crippen MR) is 111 cm³/mol. The molecule has 0 unspecified atom stereocenters. The summed E-state index contributed by atoms with van der Waals surface area (Å²) in [4.78, 5) is 21.5. The van der Waals surface area contributed by atoms with E-state index in [1.807, 2.05) is 37.3 Å². The van der Waals surface area contributed by atoms with Crippen LogP contribution in [0.2, 0.25) is 31.0 Å². The molecule has 0 aliphatic heterocycles. The highest BCUT2D eigenvalue weighted by Gasteiger charge is 2.21. The van der Waals surface area contributed by atoms with Gasteiger partial charge in [0.05, 0.1) is 12.2 Å². The Labute approximate surface area is 164 Å². The Morgan fingerprint density at radius 2 is 1.93 bits per heavy atom. The molecule has 3 aromatic rings. The third-order valence-corrected chi connectivity index (χ3v) is 6.45. The van der Waals surface area contributed by atoms with Gasteiger partial charge in [0.1, 0.15) is 12.2 Å². The van der Waals surface area contributed by atoms with E-state index in [9.17, 15) is 4.79 Å². The van der Waals surface area contributed by atoms with Gasteiger partial charge in [-0.3, -0.25) is 9.13 Å². The molecule has 0 saturated heterocycles. The van der Waals surface area contributed by atoms with Crippen molar-refractivity contribution in [3.63, 3.8) is 0 Å². The minimum absolute atomic E-state index is 0.119. The van der Waals surface area contributed by atoms with Crippen molar-refractivity contribution in [3.05, 3.63) is 57.9 Å². The largest absolute Gasteiger partial charge is 0.361 e. The molecule has 0 spiro atoms. The summed E-state index contributed by atoms with van der Waals surface area (Å²) < 4.78 is 9.04. The maximum absolute atomic E-state index is 13.1. The molecule has 0 amide bonds. The Kier molecular flexibility index (Phi) is 5.83. The van der Waals surface area contributed by atoms with Crippen molar-refractivity contribution in [1.82, 2.24) is 19.1 Å². The molecule has 6 nitrogen and oxygen atoms in total. The van der Waals surface area contributed by atoms with Gasteiger partial charge >= 0.3 is 5.69 Å². The van der Waals surface area contributed by atoms with Crippen molar-refractivity contribution in [1.29, 1.82) is 0 Å². The number of aromatic nitrogens is 4. The van der Waals surface area contributed by atoms with Crippen molar-refractivity contribution in [2.24, 2.45) is 0 Å². The standard InChI is InChI=1S/C19H25ClN4O2Si/c1-14(15-8-6-5-7-9-15)24-17-16(12-21-18(20)22-17)23(19(24)25)13-26-10-11-27(2,3)4/h5-9,12,14H,10-11,13H2,1-4H3/t14-/m1/s1. The summed E-state index contributed by atoms with van der Waals surface area (Å²) in [6.07, 6.45) is 1.59. The van der Waals surface area contributed by atoms with Crippen LogP contribution in [0.15, 0.2) is 41.3 Å². The van der Waals surface area contributed by atoms with Gasteiger partial charge in [-0.25, -0.2) is 9.78 Å². The lowest BCUT2D eigenvalue weighted by Gasteiger charge is -2.15. The SMILES string of the molecule is C[C@H](c1ccccc1)n1c(=O)n(COCC[Si](C)(C)C)c2cnc(Cl)nc21. The number of ether oxygens (including phenoxy) is 1. The van der Waals surface area contributed by atoms with E-state index in [4.69, 9.17) is 16.3 Å². The number of benzene rings is 1. The van der Waals surface area contributed by atoms with Crippen LogP contribution in [0.4, 0.5) is 0 Å².